The molecule has 64 heavy (non-hydrogen) atoms. The van der Waals surface area contributed by atoms with Crippen LogP contribution in [0.15, 0.2) is 12.2 Å². The van der Waals surface area contributed by atoms with E-state index >= 15 is 0 Å². The Morgan fingerprint density at radius 3 is 1.16 bits per heavy atom. The normalized spacial score (nSPS) is 13.4. The Morgan fingerprint density at radius 1 is 0.469 bits per heavy atom. The molecular weight excluding hydrogens is 822 g/mol. The number of phosphoric acid groups is 1. The molecule has 0 aliphatic carbocycles. The van der Waals surface area contributed by atoms with E-state index in [2.05, 4.69) is 26.0 Å². The first-order valence-corrected chi connectivity index (χ1v) is 28.9. The van der Waals surface area contributed by atoms with Gasteiger partial charge in [-0.15, -0.1) is 0 Å². The summed E-state index contributed by atoms with van der Waals surface area (Å²) in [6, 6.07) is 0. The molecule has 0 spiro atoms. The SMILES string of the molecule is CCCCCCCC/C=C\CCCCCCCC(=O)OC(COC(=O)CCCCCCCCCCCCCCCCCCCCCCCCCCC)COP(=O)(O)OCC[N+](C)(C)C. The van der Waals surface area contributed by atoms with Gasteiger partial charge in [-0.05, 0) is 38.5 Å². The molecule has 9 nitrogen and oxygen atoms in total. The number of phosphoric ester groups is 1. The van der Waals surface area contributed by atoms with Crippen molar-refractivity contribution in [1.82, 2.24) is 0 Å². The molecule has 2 atom stereocenters. The lowest BCUT2D eigenvalue weighted by Crippen LogP contribution is -2.37. The Morgan fingerprint density at radius 2 is 0.797 bits per heavy atom. The number of nitrogens with zero attached hydrogens (tertiary/aromatic N) is 1. The van der Waals surface area contributed by atoms with Crippen molar-refractivity contribution >= 4 is 19.8 Å². The number of esters is 2. The summed E-state index contributed by atoms with van der Waals surface area (Å²) in [6.07, 6.45) is 52.8. The van der Waals surface area contributed by atoms with Crippen LogP contribution in [0.25, 0.3) is 0 Å². The Bertz CT molecular complexity index is 1100. The molecule has 2 unspecified atom stereocenters. The van der Waals surface area contributed by atoms with Gasteiger partial charge in [0.25, 0.3) is 0 Å². The molecule has 0 bridgehead atoms. The largest absolute Gasteiger partial charge is 0.472 e. The van der Waals surface area contributed by atoms with Gasteiger partial charge in [-0.2, -0.15) is 0 Å². The van der Waals surface area contributed by atoms with Crippen LogP contribution in [0.2, 0.25) is 0 Å². The maximum absolute atomic E-state index is 12.7. The van der Waals surface area contributed by atoms with Crippen molar-refractivity contribution in [2.75, 3.05) is 47.5 Å². The summed E-state index contributed by atoms with van der Waals surface area (Å²) in [7, 11) is 1.49. The van der Waals surface area contributed by atoms with E-state index < -0.39 is 26.5 Å². The lowest BCUT2D eigenvalue weighted by molar-refractivity contribution is -0.870. The third-order valence-electron chi connectivity index (χ3n) is 12.3. The number of allylic oxidation sites excluding steroid dienone is 2. The van der Waals surface area contributed by atoms with Crippen molar-refractivity contribution in [1.29, 1.82) is 0 Å². The van der Waals surface area contributed by atoms with Crippen LogP contribution in [-0.2, 0) is 32.7 Å². The highest BCUT2D eigenvalue weighted by Crippen LogP contribution is 2.43. The summed E-state index contributed by atoms with van der Waals surface area (Å²) in [5, 5.41) is 0. The molecule has 1 N–H and O–H groups in total. The van der Waals surface area contributed by atoms with E-state index in [1.165, 1.54) is 186 Å². The summed E-state index contributed by atoms with van der Waals surface area (Å²) < 4.78 is 34.5. The minimum atomic E-state index is -4.38. The number of rotatable bonds is 51. The number of quaternary nitrogens is 1. The standard InChI is InChI=1S/C54H106NO8P/c1-6-8-10-12-14-16-18-20-22-23-24-25-26-27-28-29-30-31-33-34-36-38-40-42-44-46-53(56)60-50-52(51-62-64(58,59)61-49-48-55(3,4)5)63-54(57)47-45-43-41-39-37-35-32-21-19-17-15-13-11-9-7-2/h21,32,52H,6-20,22-31,33-51H2,1-5H3/p+1/b32-21-. The summed E-state index contributed by atoms with van der Waals surface area (Å²) in [5.74, 6) is -0.792. The fraction of sp³-hybridized carbons (Fsp3) is 0.926. The lowest BCUT2D eigenvalue weighted by Gasteiger charge is -2.24. The molecule has 10 heteroatoms. The Balaban J connectivity index is 4.11. The van der Waals surface area contributed by atoms with E-state index in [9.17, 15) is 19.0 Å². The van der Waals surface area contributed by atoms with Crippen LogP contribution in [0, 0.1) is 0 Å². The molecule has 0 aromatic rings. The van der Waals surface area contributed by atoms with E-state index in [-0.39, 0.29) is 25.6 Å². The molecule has 0 aliphatic heterocycles. The number of hydrogen-bond acceptors (Lipinski definition) is 7. The zero-order valence-corrected chi connectivity index (χ0v) is 43.9. The topological polar surface area (TPSA) is 108 Å². The third-order valence-corrected chi connectivity index (χ3v) is 13.3. The molecule has 0 heterocycles. The Labute approximate surface area is 396 Å². The monoisotopic (exact) mass is 929 g/mol. The first-order chi connectivity index (χ1) is 31.0. The molecule has 0 saturated heterocycles. The summed E-state index contributed by atoms with van der Waals surface area (Å²) in [5.41, 5.74) is 0. The smallest absolute Gasteiger partial charge is 0.462 e. The molecule has 0 aliphatic rings. The zero-order valence-electron chi connectivity index (χ0n) is 43.0. The van der Waals surface area contributed by atoms with E-state index in [0.29, 0.717) is 23.9 Å². The molecule has 0 amide bonds. The molecular formula is C54H107NO8P+. The van der Waals surface area contributed by atoms with Gasteiger partial charge in [0.1, 0.15) is 19.8 Å². The fourth-order valence-corrected chi connectivity index (χ4v) is 8.75. The third kappa shape index (κ3) is 50.2. The minimum absolute atomic E-state index is 0.0335. The molecule has 380 valence electrons. The van der Waals surface area contributed by atoms with Crippen molar-refractivity contribution in [3.05, 3.63) is 12.2 Å². The van der Waals surface area contributed by atoms with Crippen LogP contribution in [0.3, 0.4) is 0 Å². The predicted molar refractivity (Wildman–Crippen MR) is 271 cm³/mol. The fourth-order valence-electron chi connectivity index (χ4n) is 8.01. The van der Waals surface area contributed by atoms with Gasteiger partial charge in [0, 0.05) is 12.8 Å². The van der Waals surface area contributed by atoms with Crippen LogP contribution in [0.5, 0.6) is 0 Å². The molecule has 0 saturated carbocycles. The summed E-state index contributed by atoms with van der Waals surface area (Å²) >= 11 is 0. The first-order valence-electron chi connectivity index (χ1n) is 27.4. The first kappa shape index (κ1) is 62.8. The Kier molecular flexibility index (Phi) is 45.9. The van der Waals surface area contributed by atoms with E-state index in [4.69, 9.17) is 18.5 Å². The van der Waals surface area contributed by atoms with Crippen molar-refractivity contribution < 1.29 is 42.1 Å². The van der Waals surface area contributed by atoms with Gasteiger partial charge in [0.2, 0.25) is 0 Å². The molecule has 0 fully saturated rings. The number of hydrogen-bond donors (Lipinski definition) is 1. The number of ether oxygens (including phenoxy) is 2. The van der Waals surface area contributed by atoms with Gasteiger partial charge in [-0.3, -0.25) is 18.6 Å². The second-order valence-corrected chi connectivity index (χ2v) is 21.4. The van der Waals surface area contributed by atoms with Gasteiger partial charge < -0.3 is 18.9 Å². The highest BCUT2D eigenvalue weighted by atomic mass is 31.2. The average Bonchev–Trinajstić information content (AvgIpc) is 3.25. The van der Waals surface area contributed by atoms with Gasteiger partial charge in [0.15, 0.2) is 6.10 Å². The molecule has 0 aromatic carbocycles. The molecule has 0 rings (SSSR count). The second kappa shape index (κ2) is 46.8. The minimum Gasteiger partial charge on any atom is -0.462 e. The van der Waals surface area contributed by atoms with Crippen LogP contribution < -0.4 is 0 Å². The van der Waals surface area contributed by atoms with Crippen molar-refractivity contribution in [2.24, 2.45) is 0 Å². The van der Waals surface area contributed by atoms with Crippen LogP contribution in [-0.4, -0.2) is 74.9 Å². The van der Waals surface area contributed by atoms with Crippen LogP contribution in [0.1, 0.15) is 271 Å². The van der Waals surface area contributed by atoms with Crippen LogP contribution >= 0.6 is 7.82 Å². The van der Waals surface area contributed by atoms with Gasteiger partial charge in [-0.1, -0.05) is 231 Å². The number of unbranched alkanes of at least 4 members (excludes halogenated alkanes) is 35. The highest BCUT2D eigenvalue weighted by molar-refractivity contribution is 7.47. The van der Waals surface area contributed by atoms with Crippen molar-refractivity contribution in [2.45, 2.75) is 277 Å². The van der Waals surface area contributed by atoms with Gasteiger partial charge in [0.05, 0.1) is 27.7 Å². The maximum atomic E-state index is 12.7. The van der Waals surface area contributed by atoms with Crippen molar-refractivity contribution in [3.63, 3.8) is 0 Å². The van der Waals surface area contributed by atoms with E-state index in [1.54, 1.807) is 0 Å². The number of carbonyl (C=O) groups excluding carboxylic acids is 2. The van der Waals surface area contributed by atoms with Crippen LogP contribution in [0.4, 0.5) is 0 Å². The quantitative estimate of drug-likeness (QED) is 0.0211. The van der Waals surface area contributed by atoms with E-state index in [0.717, 1.165) is 51.4 Å². The predicted octanol–water partition coefficient (Wildman–Crippen LogP) is 16.5. The average molecular weight is 929 g/mol. The number of likely N-dealkylation sites (N-methyl/N-ethyl adjacent to an activating group) is 1. The van der Waals surface area contributed by atoms with Crippen molar-refractivity contribution in [3.8, 4) is 0 Å². The lowest BCUT2D eigenvalue weighted by atomic mass is 10.0. The Hall–Kier alpha value is -1.25. The second-order valence-electron chi connectivity index (χ2n) is 20.0. The van der Waals surface area contributed by atoms with Gasteiger partial charge >= 0.3 is 19.8 Å². The summed E-state index contributed by atoms with van der Waals surface area (Å²) in [6.45, 7) is 4.46. The summed E-state index contributed by atoms with van der Waals surface area (Å²) in [4.78, 5) is 35.6. The number of carbonyl (C=O) groups is 2. The highest BCUT2D eigenvalue weighted by Gasteiger charge is 2.27. The van der Waals surface area contributed by atoms with E-state index in [1.807, 2.05) is 21.1 Å². The molecule has 0 aromatic heterocycles. The molecule has 0 radical (unpaired) electrons. The van der Waals surface area contributed by atoms with Gasteiger partial charge in [-0.25, -0.2) is 4.57 Å². The zero-order chi connectivity index (χ0) is 47.1. The maximum Gasteiger partial charge on any atom is 0.472 e.